The first kappa shape index (κ1) is 12.5. The number of hydrogen-bond acceptors (Lipinski definition) is 6. The molecule has 0 fully saturated rings. The van der Waals surface area contributed by atoms with E-state index in [4.69, 9.17) is 5.73 Å². The van der Waals surface area contributed by atoms with Crippen molar-refractivity contribution >= 4 is 33.8 Å². The standard InChI is InChI=1S/C10H14N2O3S/c1-4-5(13)8-7(11)6(10(14)15-3)9(12-2)16-8/h12H,4,11H2,1-3H3. The summed E-state index contributed by atoms with van der Waals surface area (Å²) in [4.78, 5) is 23.5. The van der Waals surface area contributed by atoms with Crippen LogP contribution in [0.15, 0.2) is 0 Å². The van der Waals surface area contributed by atoms with Crippen molar-refractivity contribution in [3.05, 3.63) is 10.4 Å². The van der Waals surface area contributed by atoms with Gasteiger partial charge < -0.3 is 15.8 Å². The molecular formula is C10H14N2O3S. The van der Waals surface area contributed by atoms with Crippen LogP contribution in [0.3, 0.4) is 0 Å². The normalized spacial score (nSPS) is 9.94. The van der Waals surface area contributed by atoms with Crippen LogP contribution in [-0.2, 0) is 4.74 Å². The van der Waals surface area contributed by atoms with Gasteiger partial charge in [0.1, 0.15) is 10.6 Å². The summed E-state index contributed by atoms with van der Waals surface area (Å²) in [5.74, 6) is -0.609. The van der Waals surface area contributed by atoms with Gasteiger partial charge in [0.15, 0.2) is 5.78 Å². The summed E-state index contributed by atoms with van der Waals surface area (Å²) in [6, 6.07) is 0. The van der Waals surface area contributed by atoms with Crippen molar-refractivity contribution in [1.82, 2.24) is 0 Å². The van der Waals surface area contributed by atoms with Crippen LogP contribution in [0.25, 0.3) is 0 Å². The quantitative estimate of drug-likeness (QED) is 0.621. The monoisotopic (exact) mass is 242 g/mol. The molecule has 0 aromatic carbocycles. The predicted octanol–water partition coefficient (Wildman–Crippen LogP) is 1.75. The first-order valence-corrected chi connectivity index (χ1v) is 5.59. The van der Waals surface area contributed by atoms with Crippen molar-refractivity contribution in [2.24, 2.45) is 0 Å². The third-order valence-electron chi connectivity index (χ3n) is 2.14. The van der Waals surface area contributed by atoms with E-state index in [0.29, 0.717) is 16.3 Å². The Labute approximate surface area is 97.6 Å². The van der Waals surface area contributed by atoms with Gasteiger partial charge in [-0.2, -0.15) is 0 Å². The van der Waals surface area contributed by atoms with E-state index >= 15 is 0 Å². The molecule has 0 aliphatic heterocycles. The van der Waals surface area contributed by atoms with Gasteiger partial charge in [-0.25, -0.2) is 4.79 Å². The van der Waals surface area contributed by atoms with Crippen LogP contribution in [0.5, 0.6) is 0 Å². The highest BCUT2D eigenvalue weighted by atomic mass is 32.1. The van der Waals surface area contributed by atoms with Gasteiger partial charge in [0.25, 0.3) is 0 Å². The molecule has 0 bridgehead atoms. The average molecular weight is 242 g/mol. The molecular weight excluding hydrogens is 228 g/mol. The average Bonchev–Trinajstić information content (AvgIpc) is 2.64. The maximum atomic E-state index is 11.6. The van der Waals surface area contributed by atoms with Crippen LogP contribution in [0.2, 0.25) is 0 Å². The highest BCUT2D eigenvalue weighted by Gasteiger charge is 2.24. The first-order valence-electron chi connectivity index (χ1n) is 4.78. The topological polar surface area (TPSA) is 81.4 Å². The zero-order valence-electron chi connectivity index (χ0n) is 9.42. The van der Waals surface area contributed by atoms with Gasteiger partial charge in [-0.1, -0.05) is 6.92 Å². The Bertz CT molecular complexity index is 426. The zero-order chi connectivity index (χ0) is 12.3. The molecule has 88 valence electrons. The number of ether oxygens (including phenoxy) is 1. The summed E-state index contributed by atoms with van der Waals surface area (Å²) in [5.41, 5.74) is 6.23. The summed E-state index contributed by atoms with van der Waals surface area (Å²) >= 11 is 1.18. The van der Waals surface area contributed by atoms with E-state index in [1.807, 2.05) is 0 Å². The molecule has 0 spiro atoms. The van der Waals surface area contributed by atoms with Crippen molar-refractivity contribution in [3.8, 4) is 0 Å². The van der Waals surface area contributed by atoms with Crippen LogP contribution in [0, 0.1) is 0 Å². The summed E-state index contributed by atoms with van der Waals surface area (Å²) in [5, 5.41) is 3.39. The minimum absolute atomic E-state index is 0.0749. The predicted molar refractivity (Wildman–Crippen MR) is 64.2 cm³/mol. The molecule has 0 radical (unpaired) electrons. The Morgan fingerprint density at radius 3 is 2.56 bits per heavy atom. The molecule has 0 amide bonds. The molecule has 1 heterocycles. The second kappa shape index (κ2) is 4.98. The number of nitrogens with two attached hydrogens (primary N) is 1. The summed E-state index contributed by atoms with van der Waals surface area (Å²) < 4.78 is 4.62. The maximum absolute atomic E-state index is 11.6. The minimum Gasteiger partial charge on any atom is -0.465 e. The fourth-order valence-electron chi connectivity index (χ4n) is 1.29. The molecule has 1 rings (SSSR count). The fraction of sp³-hybridized carbons (Fsp3) is 0.400. The van der Waals surface area contributed by atoms with Crippen molar-refractivity contribution < 1.29 is 14.3 Å². The van der Waals surface area contributed by atoms with Crippen LogP contribution < -0.4 is 11.1 Å². The van der Waals surface area contributed by atoms with Crippen molar-refractivity contribution in [3.63, 3.8) is 0 Å². The molecule has 6 heteroatoms. The second-order valence-electron chi connectivity index (χ2n) is 3.07. The number of anilines is 2. The number of Topliss-reactive ketones (excluding diaryl/α,β-unsaturated/α-hetero) is 1. The molecule has 0 unspecified atom stereocenters. The van der Waals surface area contributed by atoms with Crippen molar-refractivity contribution in [2.45, 2.75) is 13.3 Å². The third-order valence-corrected chi connectivity index (χ3v) is 3.40. The Kier molecular flexibility index (Phi) is 3.89. The lowest BCUT2D eigenvalue weighted by Crippen LogP contribution is -2.07. The number of carbonyl (C=O) groups is 2. The molecule has 0 saturated heterocycles. The zero-order valence-corrected chi connectivity index (χ0v) is 10.2. The summed E-state index contributed by atoms with van der Waals surface area (Å²) in [6.07, 6.45) is 0.356. The summed E-state index contributed by atoms with van der Waals surface area (Å²) in [6.45, 7) is 1.75. The van der Waals surface area contributed by atoms with Crippen LogP contribution in [0.4, 0.5) is 10.7 Å². The molecule has 0 saturated carbocycles. The van der Waals surface area contributed by atoms with E-state index in [9.17, 15) is 9.59 Å². The van der Waals surface area contributed by atoms with Crippen molar-refractivity contribution in [2.75, 3.05) is 25.2 Å². The van der Waals surface area contributed by atoms with E-state index in [2.05, 4.69) is 10.1 Å². The van der Waals surface area contributed by atoms with Crippen molar-refractivity contribution in [1.29, 1.82) is 0 Å². The molecule has 0 aliphatic rings. The van der Waals surface area contributed by atoms with Gasteiger partial charge in [0.2, 0.25) is 0 Å². The second-order valence-corrected chi connectivity index (χ2v) is 4.09. The number of esters is 1. The fourth-order valence-corrected chi connectivity index (χ4v) is 2.36. The Balaban J connectivity index is 3.32. The number of carbonyl (C=O) groups excluding carboxylic acids is 2. The minimum atomic E-state index is -0.534. The largest absolute Gasteiger partial charge is 0.465 e. The highest BCUT2D eigenvalue weighted by Crippen LogP contribution is 2.36. The van der Waals surface area contributed by atoms with E-state index in [1.54, 1.807) is 14.0 Å². The van der Waals surface area contributed by atoms with E-state index in [1.165, 1.54) is 18.4 Å². The first-order chi connectivity index (χ1) is 7.56. The molecule has 16 heavy (non-hydrogen) atoms. The lowest BCUT2D eigenvalue weighted by molar-refractivity contribution is 0.0603. The van der Waals surface area contributed by atoms with Gasteiger partial charge in [-0.05, 0) is 0 Å². The van der Waals surface area contributed by atoms with Gasteiger partial charge >= 0.3 is 5.97 Å². The number of ketones is 1. The number of hydrogen-bond donors (Lipinski definition) is 2. The number of nitrogen functional groups attached to an aromatic ring is 1. The molecule has 0 atom stereocenters. The molecule has 0 aliphatic carbocycles. The molecule has 1 aromatic heterocycles. The van der Waals surface area contributed by atoms with Crippen LogP contribution in [0.1, 0.15) is 33.4 Å². The maximum Gasteiger partial charge on any atom is 0.343 e. The molecule has 3 N–H and O–H groups in total. The van der Waals surface area contributed by atoms with Gasteiger partial charge in [0, 0.05) is 13.5 Å². The molecule has 1 aromatic rings. The van der Waals surface area contributed by atoms with Gasteiger partial charge in [0.05, 0.1) is 17.7 Å². The molecule has 5 nitrogen and oxygen atoms in total. The van der Waals surface area contributed by atoms with E-state index < -0.39 is 5.97 Å². The summed E-state index contributed by atoms with van der Waals surface area (Å²) in [7, 11) is 2.94. The lowest BCUT2D eigenvalue weighted by atomic mass is 10.2. The van der Waals surface area contributed by atoms with Gasteiger partial charge in [-0.3, -0.25) is 4.79 Å². The highest BCUT2D eigenvalue weighted by molar-refractivity contribution is 7.19. The number of methoxy groups -OCH3 is 1. The van der Waals surface area contributed by atoms with Gasteiger partial charge in [-0.15, -0.1) is 11.3 Å². The van der Waals surface area contributed by atoms with Crippen LogP contribution in [-0.4, -0.2) is 25.9 Å². The number of thiophene rings is 1. The van der Waals surface area contributed by atoms with Crippen LogP contribution >= 0.6 is 11.3 Å². The Morgan fingerprint density at radius 2 is 2.12 bits per heavy atom. The SMILES string of the molecule is CCC(=O)c1sc(NC)c(C(=O)OC)c1N. The number of nitrogens with one attached hydrogen (secondary N) is 1. The van der Waals surface area contributed by atoms with E-state index in [-0.39, 0.29) is 17.0 Å². The number of rotatable bonds is 4. The smallest absolute Gasteiger partial charge is 0.343 e. The van der Waals surface area contributed by atoms with E-state index in [0.717, 1.165) is 0 Å². The lowest BCUT2D eigenvalue weighted by Gasteiger charge is -2.01. The Hall–Kier alpha value is -1.56. The third kappa shape index (κ3) is 2.01. The Morgan fingerprint density at radius 1 is 1.50 bits per heavy atom.